The van der Waals surface area contributed by atoms with E-state index in [1.165, 1.54) is 11.1 Å². The molecule has 0 aromatic heterocycles. The molecule has 1 aromatic carbocycles. The van der Waals surface area contributed by atoms with Gasteiger partial charge in [0.15, 0.2) is 0 Å². The lowest BCUT2D eigenvalue weighted by atomic mass is 10.0. The van der Waals surface area contributed by atoms with E-state index >= 15 is 0 Å². The third-order valence-electron chi connectivity index (χ3n) is 2.37. The number of ether oxygens (including phenoxy) is 1. The standard InChI is InChI=1S/C14H18O/c1-4-5-6-7-8-13-9-10-14(15-3)11-12(13)2/h9-11H,4,7-8H2,1-3H3. The molecule has 0 aliphatic carbocycles. The van der Waals surface area contributed by atoms with Gasteiger partial charge in [0.25, 0.3) is 0 Å². The molecule has 1 aromatic rings. The number of benzene rings is 1. The van der Waals surface area contributed by atoms with Gasteiger partial charge in [-0.05, 0) is 36.6 Å². The van der Waals surface area contributed by atoms with Crippen molar-refractivity contribution in [2.45, 2.75) is 33.1 Å². The summed E-state index contributed by atoms with van der Waals surface area (Å²) in [5.74, 6) is 7.17. The van der Waals surface area contributed by atoms with Crippen molar-refractivity contribution in [3.8, 4) is 17.6 Å². The van der Waals surface area contributed by atoms with Crippen molar-refractivity contribution < 1.29 is 4.74 Å². The van der Waals surface area contributed by atoms with Crippen molar-refractivity contribution in [1.82, 2.24) is 0 Å². The molecule has 0 aliphatic rings. The molecule has 0 N–H and O–H groups in total. The van der Waals surface area contributed by atoms with Gasteiger partial charge in [-0.1, -0.05) is 13.0 Å². The van der Waals surface area contributed by atoms with Crippen LogP contribution in [0.1, 0.15) is 30.9 Å². The van der Waals surface area contributed by atoms with Crippen LogP contribution in [0, 0.1) is 18.8 Å². The first-order valence-electron chi connectivity index (χ1n) is 5.37. The minimum absolute atomic E-state index is 0.927. The van der Waals surface area contributed by atoms with E-state index in [9.17, 15) is 0 Å². The second-order valence-corrected chi connectivity index (χ2v) is 3.50. The van der Waals surface area contributed by atoms with Gasteiger partial charge in [0, 0.05) is 12.8 Å². The minimum atomic E-state index is 0.927. The van der Waals surface area contributed by atoms with E-state index < -0.39 is 0 Å². The summed E-state index contributed by atoms with van der Waals surface area (Å²) in [7, 11) is 1.70. The molecule has 1 heteroatoms. The van der Waals surface area contributed by atoms with Crippen LogP contribution in [0.15, 0.2) is 18.2 Å². The normalized spacial score (nSPS) is 9.27. The van der Waals surface area contributed by atoms with Crippen molar-refractivity contribution in [2.75, 3.05) is 7.11 Å². The maximum absolute atomic E-state index is 5.17. The van der Waals surface area contributed by atoms with E-state index in [1.54, 1.807) is 7.11 Å². The van der Waals surface area contributed by atoms with Crippen LogP contribution in [0.4, 0.5) is 0 Å². The van der Waals surface area contributed by atoms with E-state index in [0.29, 0.717) is 0 Å². The maximum Gasteiger partial charge on any atom is 0.119 e. The summed E-state index contributed by atoms with van der Waals surface area (Å²) in [5, 5.41) is 0. The number of hydrogen-bond acceptors (Lipinski definition) is 1. The summed E-state index contributed by atoms with van der Waals surface area (Å²) in [6, 6.07) is 6.21. The smallest absolute Gasteiger partial charge is 0.119 e. The van der Waals surface area contributed by atoms with Crippen LogP contribution in [0.5, 0.6) is 5.75 Å². The summed E-state index contributed by atoms with van der Waals surface area (Å²) < 4.78 is 5.17. The molecule has 0 radical (unpaired) electrons. The third-order valence-corrected chi connectivity index (χ3v) is 2.37. The SMILES string of the molecule is CCC#CCCc1ccc(OC)cc1C. The Labute approximate surface area is 92.5 Å². The zero-order chi connectivity index (χ0) is 11.1. The first-order chi connectivity index (χ1) is 7.27. The van der Waals surface area contributed by atoms with Crippen LogP contribution in [0.25, 0.3) is 0 Å². The molecule has 0 aliphatic heterocycles. The zero-order valence-electron chi connectivity index (χ0n) is 9.76. The van der Waals surface area contributed by atoms with Crippen molar-refractivity contribution in [3.05, 3.63) is 29.3 Å². The summed E-state index contributed by atoms with van der Waals surface area (Å²) >= 11 is 0. The van der Waals surface area contributed by atoms with Gasteiger partial charge in [-0.3, -0.25) is 0 Å². The number of hydrogen-bond donors (Lipinski definition) is 0. The fourth-order valence-corrected chi connectivity index (χ4v) is 1.49. The van der Waals surface area contributed by atoms with Gasteiger partial charge in [-0.25, -0.2) is 0 Å². The molecule has 1 rings (SSSR count). The highest BCUT2D eigenvalue weighted by molar-refractivity contribution is 5.35. The van der Waals surface area contributed by atoms with Crippen LogP contribution >= 0.6 is 0 Å². The number of methoxy groups -OCH3 is 1. The molecule has 80 valence electrons. The van der Waals surface area contributed by atoms with Gasteiger partial charge in [0.05, 0.1) is 7.11 Å². The van der Waals surface area contributed by atoms with Crippen LogP contribution in [0.3, 0.4) is 0 Å². The van der Waals surface area contributed by atoms with Crippen LogP contribution < -0.4 is 4.74 Å². The van der Waals surface area contributed by atoms with Gasteiger partial charge in [-0.2, -0.15) is 0 Å². The first-order valence-corrected chi connectivity index (χ1v) is 5.37. The molecular formula is C14H18O. The highest BCUT2D eigenvalue weighted by atomic mass is 16.5. The Balaban J connectivity index is 2.62. The van der Waals surface area contributed by atoms with E-state index in [4.69, 9.17) is 4.74 Å². The minimum Gasteiger partial charge on any atom is -0.497 e. The molecular weight excluding hydrogens is 184 g/mol. The molecule has 0 bridgehead atoms. The second kappa shape index (κ2) is 6.14. The molecule has 1 nitrogen and oxygen atoms in total. The molecule has 0 spiro atoms. The fourth-order valence-electron chi connectivity index (χ4n) is 1.49. The van der Waals surface area contributed by atoms with Crippen molar-refractivity contribution >= 4 is 0 Å². The Bertz CT molecular complexity index is 369. The third kappa shape index (κ3) is 3.67. The lowest BCUT2D eigenvalue weighted by molar-refractivity contribution is 0.414. The number of aryl methyl sites for hydroxylation is 2. The lowest BCUT2D eigenvalue weighted by Crippen LogP contribution is -1.90. The van der Waals surface area contributed by atoms with E-state index in [-0.39, 0.29) is 0 Å². The highest BCUT2D eigenvalue weighted by Crippen LogP contribution is 2.17. The number of rotatable bonds is 3. The first kappa shape index (κ1) is 11.7. The molecule has 0 saturated heterocycles. The van der Waals surface area contributed by atoms with Crippen molar-refractivity contribution in [3.63, 3.8) is 0 Å². The summed E-state index contributed by atoms with van der Waals surface area (Å²) in [6.07, 6.45) is 2.92. The largest absolute Gasteiger partial charge is 0.497 e. The average molecular weight is 202 g/mol. The Morgan fingerprint density at radius 3 is 2.67 bits per heavy atom. The van der Waals surface area contributed by atoms with E-state index in [2.05, 4.69) is 37.8 Å². The monoisotopic (exact) mass is 202 g/mol. The van der Waals surface area contributed by atoms with Crippen LogP contribution in [0.2, 0.25) is 0 Å². The van der Waals surface area contributed by atoms with Gasteiger partial charge < -0.3 is 4.74 Å². The molecule has 0 heterocycles. The van der Waals surface area contributed by atoms with Crippen molar-refractivity contribution in [2.24, 2.45) is 0 Å². The zero-order valence-corrected chi connectivity index (χ0v) is 9.76. The molecule has 0 amide bonds. The predicted molar refractivity (Wildman–Crippen MR) is 64.1 cm³/mol. The maximum atomic E-state index is 5.17. The van der Waals surface area contributed by atoms with E-state index in [0.717, 1.165) is 25.0 Å². The van der Waals surface area contributed by atoms with Gasteiger partial charge in [0.2, 0.25) is 0 Å². The van der Waals surface area contributed by atoms with Crippen LogP contribution in [-0.2, 0) is 6.42 Å². The van der Waals surface area contributed by atoms with Crippen molar-refractivity contribution in [1.29, 1.82) is 0 Å². The molecule has 0 unspecified atom stereocenters. The van der Waals surface area contributed by atoms with E-state index in [1.807, 2.05) is 6.07 Å². The predicted octanol–water partition coefficient (Wildman–Crippen LogP) is 3.35. The van der Waals surface area contributed by atoms with Gasteiger partial charge >= 0.3 is 0 Å². The molecule has 0 atom stereocenters. The summed E-state index contributed by atoms with van der Waals surface area (Å²) in [6.45, 7) is 4.19. The molecule has 0 fully saturated rings. The lowest BCUT2D eigenvalue weighted by Gasteiger charge is -2.06. The highest BCUT2D eigenvalue weighted by Gasteiger charge is 1.99. The van der Waals surface area contributed by atoms with Crippen LogP contribution in [-0.4, -0.2) is 7.11 Å². The summed E-state index contributed by atoms with van der Waals surface area (Å²) in [4.78, 5) is 0. The van der Waals surface area contributed by atoms with Gasteiger partial charge in [-0.15, -0.1) is 11.8 Å². The Kier molecular flexibility index (Phi) is 4.77. The van der Waals surface area contributed by atoms with Gasteiger partial charge in [0.1, 0.15) is 5.75 Å². The topological polar surface area (TPSA) is 9.23 Å². The summed E-state index contributed by atoms with van der Waals surface area (Å²) in [5.41, 5.74) is 2.65. The second-order valence-electron chi connectivity index (χ2n) is 3.50. The fraction of sp³-hybridized carbons (Fsp3) is 0.429. The quantitative estimate of drug-likeness (QED) is 0.683. The Hall–Kier alpha value is -1.42. The Morgan fingerprint density at radius 1 is 1.27 bits per heavy atom. The molecule has 0 saturated carbocycles. The Morgan fingerprint density at radius 2 is 2.07 bits per heavy atom. The average Bonchev–Trinajstić information content (AvgIpc) is 2.26. The molecule has 15 heavy (non-hydrogen) atoms.